The molecule has 2 aromatic heterocycles. The summed E-state index contributed by atoms with van der Waals surface area (Å²) in [6.45, 7) is 2.00. The first-order chi connectivity index (χ1) is 10.3. The number of anilines is 1. The summed E-state index contributed by atoms with van der Waals surface area (Å²) in [5, 5.41) is 3.79. The van der Waals surface area contributed by atoms with Crippen molar-refractivity contribution in [3.63, 3.8) is 0 Å². The zero-order valence-corrected chi connectivity index (χ0v) is 13.0. The molecule has 5 nitrogen and oxygen atoms in total. The Labute approximate surface area is 127 Å². The minimum absolute atomic E-state index is 0.321. The lowest BCUT2D eigenvalue weighted by molar-refractivity contribution is 0.464. The zero-order chi connectivity index (χ0) is 14.7. The molecule has 0 spiro atoms. The Morgan fingerprint density at radius 1 is 1.29 bits per heavy atom. The number of pyridine rings is 1. The Kier molecular flexibility index (Phi) is 4.43. The van der Waals surface area contributed by atoms with Crippen molar-refractivity contribution in [1.82, 2.24) is 15.0 Å². The van der Waals surface area contributed by atoms with Gasteiger partial charge in [0.25, 0.3) is 0 Å². The van der Waals surface area contributed by atoms with Crippen LogP contribution in [-0.4, -0.2) is 36.2 Å². The van der Waals surface area contributed by atoms with Gasteiger partial charge in [-0.05, 0) is 31.4 Å². The van der Waals surface area contributed by atoms with Crippen molar-refractivity contribution in [3.8, 4) is 0 Å². The molecule has 1 fully saturated rings. The van der Waals surface area contributed by atoms with Gasteiger partial charge in [0.15, 0.2) is 5.65 Å². The van der Waals surface area contributed by atoms with E-state index < -0.39 is 10.8 Å². The molecule has 1 N–H and O–H groups in total. The predicted octanol–water partition coefficient (Wildman–Crippen LogP) is 2.52. The summed E-state index contributed by atoms with van der Waals surface area (Å²) in [5.74, 6) is 1.58. The molecular formula is C15H20N4OS. The van der Waals surface area contributed by atoms with Gasteiger partial charge in [-0.3, -0.25) is 9.19 Å². The predicted molar refractivity (Wildman–Crippen MR) is 85.7 cm³/mol. The Morgan fingerprint density at radius 2 is 2.14 bits per heavy atom. The first-order valence-corrected chi connectivity index (χ1v) is 8.86. The first-order valence-electron chi connectivity index (χ1n) is 7.47. The summed E-state index contributed by atoms with van der Waals surface area (Å²) < 4.78 is 12.0. The molecule has 1 aliphatic carbocycles. The third kappa shape index (κ3) is 3.37. The maximum Gasteiger partial charge on any atom is 0.180 e. The summed E-state index contributed by atoms with van der Waals surface area (Å²) in [5.41, 5.74) is 1.46. The Balaban J connectivity index is 1.71. The molecule has 0 bridgehead atoms. The highest BCUT2D eigenvalue weighted by Gasteiger charge is 2.25. The summed E-state index contributed by atoms with van der Waals surface area (Å²) in [6, 6.07) is 4.22. The smallest absolute Gasteiger partial charge is 0.180 e. The SMILES string of the molecule is CCS(=O)C1CCCC(Nc2ccc3nccnc3n2)C1. The van der Waals surface area contributed by atoms with Crippen LogP contribution in [0.15, 0.2) is 24.5 Å². The van der Waals surface area contributed by atoms with E-state index in [2.05, 4.69) is 20.3 Å². The normalized spacial score (nSPS) is 23.9. The van der Waals surface area contributed by atoms with E-state index in [0.717, 1.165) is 42.8 Å². The molecule has 3 atom stereocenters. The molecule has 2 heterocycles. The summed E-state index contributed by atoms with van der Waals surface area (Å²) in [7, 11) is -0.697. The van der Waals surface area contributed by atoms with Crippen LogP contribution in [0.2, 0.25) is 0 Å². The van der Waals surface area contributed by atoms with Crippen molar-refractivity contribution in [1.29, 1.82) is 0 Å². The molecule has 6 heteroatoms. The summed E-state index contributed by atoms with van der Waals surface area (Å²) in [6.07, 6.45) is 7.60. The van der Waals surface area contributed by atoms with Gasteiger partial charge in [-0.25, -0.2) is 9.97 Å². The van der Waals surface area contributed by atoms with E-state index in [-0.39, 0.29) is 0 Å². The number of rotatable bonds is 4. The monoisotopic (exact) mass is 304 g/mol. The van der Waals surface area contributed by atoms with E-state index in [1.807, 2.05) is 19.1 Å². The van der Waals surface area contributed by atoms with E-state index in [9.17, 15) is 4.21 Å². The molecule has 1 aliphatic rings. The van der Waals surface area contributed by atoms with Crippen molar-refractivity contribution in [3.05, 3.63) is 24.5 Å². The number of hydrogen-bond donors (Lipinski definition) is 1. The lowest BCUT2D eigenvalue weighted by Gasteiger charge is -2.29. The molecule has 3 rings (SSSR count). The molecule has 0 aromatic carbocycles. The average Bonchev–Trinajstić information content (AvgIpc) is 2.54. The fourth-order valence-electron chi connectivity index (χ4n) is 2.89. The molecule has 112 valence electrons. The van der Waals surface area contributed by atoms with Crippen LogP contribution < -0.4 is 5.32 Å². The van der Waals surface area contributed by atoms with Gasteiger partial charge in [0.05, 0.1) is 0 Å². The minimum Gasteiger partial charge on any atom is -0.367 e. The molecule has 0 amide bonds. The van der Waals surface area contributed by atoms with Crippen molar-refractivity contribution >= 4 is 27.8 Å². The molecule has 21 heavy (non-hydrogen) atoms. The van der Waals surface area contributed by atoms with E-state index in [4.69, 9.17) is 0 Å². The molecule has 2 aromatic rings. The van der Waals surface area contributed by atoms with Crippen molar-refractivity contribution < 1.29 is 4.21 Å². The van der Waals surface area contributed by atoms with Crippen LogP contribution in [0, 0.1) is 0 Å². The Hall–Kier alpha value is -1.56. The van der Waals surface area contributed by atoms with Crippen LogP contribution >= 0.6 is 0 Å². The molecule has 0 radical (unpaired) electrons. The zero-order valence-electron chi connectivity index (χ0n) is 12.2. The van der Waals surface area contributed by atoms with Crippen molar-refractivity contribution in [2.75, 3.05) is 11.1 Å². The molecule has 3 unspecified atom stereocenters. The summed E-state index contributed by atoms with van der Waals surface area (Å²) in [4.78, 5) is 13.0. The van der Waals surface area contributed by atoms with E-state index >= 15 is 0 Å². The maximum absolute atomic E-state index is 12.0. The van der Waals surface area contributed by atoms with Crippen molar-refractivity contribution in [2.45, 2.75) is 43.9 Å². The average molecular weight is 304 g/mol. The quantitative estimate of drug-likeness (QED) is 0.940. The highest BCUT2D eigenvalue weighted by atomic mass is 32.2. The van der Waals surface area contributed by atoms with E-state index in [0.29, 0.717) is 16.9 Å². The number of hydrogen-bond acceptors (Lipinski definition) is 5. The Morgan fingerprint density at radius 3 is 3.00 bits per heavy atom. The van der Waals surface area contributed by atoms with Crippen LogP contribution in [0.4, 0.5) is 5.82 Å². The third-order valence-electron chi connectivity index (χ3n) is 3.97. The fraction of sp³-hybridized carbons (Fsp3) is 0.533. The van der Waals surface area contributed by atoms with Crippen LogP contribution in [-0.2, 0) is 10.8 Å². The standard InChI is InChI=1S/C15H20N4OS/c1-2-21(20)12-5-3-4-11(10-12)18-14-7-6-13-15(19-14)17-9-8-16-13/h6-9,11-12H,2-5,10H2,1H3,(H,17,18,19). The van der Waals surface area contributed by atoms with Crippen LogP contribution in [0.3, 0.4) is 0 Å². The lowest BCUT2D eigenvalue weighted by Crippen LogP contribution is -2.33. The lowest BCUT2D eigenvalue weighted by atomic mass is 9.95. The highest BCUT2D eigenvalue weighted by molar-refractivity contribution is 7.85. The van der Waals surface area contributed by atoms with Gasteiger partial charge < -0.3 is 5.32 Å². The van der Waals surface area contributed by atoms with Gasteiger partial charge >= 0.3 is 0 Å². The number of fused-ring (bicyclic) bond motifs is 1. The van der Waals surface area contributed by atoms with Gasteiger partial charge in [0.2, 0.25) is 0 Å². The number of nitrogens with zero attached hydrogens (tertiary/aromatic N) is 3. The minimum atomic E-state index is -0.697. The fourth-order valence-corrected chi connectivity index (χ4v) is 4.24. The second-order valence-corrected chi connectivity index (χ2v) is 7.40. The van der Waals surface area contributed by atoms with Gasteiger partial charge in [-0.1, -0.05) is 13.3 Å². The van der Waals surface area contributed by atoms with Gasteiger partial charge in [0.1, 0.15) is 11.3 Å². The largest absolute Gasteiger partial charge is 0.367 e. The van der Waals surface area contributed by atoms with Crippen LogP contribution in [0.5, 0.6) is 0 Å². The van der Waals surface area contributed by atoms with Gasteiger partial charge in [-0.2, -0.15) is 0 Å². The second kappa shape index (κ2) is 6.47. The number of nitrogens with one attached hydrogen (secondary N) is 1. The molecule has 0 aliphatic heterocycles. The molecule has 1 saturated carbocycles. The Bertz CT molecular complexity index is 648. The number of aromatic nitrogens is 3. The van der Waals surface area contributed by atoms with Gasteiger partial charge in [-0.15, -0.1) is 0 Å². The van der Waals surface area contributed by atoms with Crippen molar-refractivity contribution in [2.24, 2.45) is 0 Å². The third-order valence-corrected chi connectivity index (χ3v) is 5.71. The first kappa shape index (κ1) is 14.4. The van der Waals surface area contributed by atoms with Gasteiger partial charge in [0, 0.05) is 40.2 Å². The van der Waals surface area contributed by atoms with Crippen LogP contribution in [0.1, 0.15) is 32.6 Å². The maximum atomic E-state index is 12.0. The molecule has 0 saturated heterocycles. The van der Waals surface area contributed by atoms with E-state index in [1.165, 1.54) is 0 Å². The molecular weight excluding hydrogens is 284 g/mol. The topological polar surface area (TPSA) is 67.8 Å². The summed E-state index contributed by atoms with van der Waals surface area (Å²) >= 11 is 0. The van der Waals surface area contributed by atoms with E-state index in [1.54, 1.807) is 12.4 Å². The highest BCUT2D eigenvalue weighted by Crippen LogP contribution is 2.25. The second-order valence-electron chi connectivity index (χ2n) is 5.39. The van der Waals surface area contributed by atoms with Crippen LogP contribution in [0.25, 0.3) is 11.2 Å².